The minimum Gasteiger partial charge on any atom is -0.370 e. The molecule has 0 bridgehead atoms. The second-order valence-electron chi connectivity index (χ2n) is 3.64. The highest BCUT2D eigenvalue weighted by Gasteiger charge is 2.28. The molecule has 0 aromatic carbocycles. The summed E-state index contributed by atoms with van der Waals surface area (Å²) in [7, 11) is -0.955. The molecule has 2 N–H and O–H groups in total. The van der Waals surface area contributed by atoms with Crippen LogP contribution in [0, 0.1) is 0 Å². The maximum atomic E-state index is 11.1. The number of phosphoric acid groups is 1. The summed E-state index contributed by atoms with van der Waals surface area (Å²) in [5.41, 5.74) is 3.01. The first kappa shape index (κ1) is 14.1. The number of phosphoric ester groups is 1. The average Bonchev–Trinajstić information content (AvgIpc) is 2.26. The van der Waals surface area contributed by atoms with Crippen molar-refractivity contribution in [3.63, 3.8) is 0 Å². The summed E-state index contributed by atoms with van der Waals surface area (Å²) in [6.07, 6.45) is -0.192. The van der Waals surface area contributed by atoms with E-state index in [0.717, 1.165) is 13.7 Å². The van der Waals surface area contributed by atoms with E-state index >= 15 is 0 Å². The van der Waals surface area contributed by atoms with Gasteiger partial charge in [-0.25, -0.2) is 9.57 Å². The monoisotopic (exact) mass is 254 g/mol. The molecule has 8 heteroatoms. The lowest BCUT2D eigenvalue weighted by Gasteiger charge is -2.36. The van der Waals surface area contributed by atoms with Crippen LogP contribution in [-0.2, 0) is 18.3 Å². The standard InChI is InChI=1S/C8H19N2O5P/c1-7-4-10(9-2)5-8(15-7)6-14-16(11,12)13-3/h7-9H,4-6H2,1-3H3,(H,11,12). The number of ether oxygens (including phenoxy) is 1. The van der Waals surface area contributed by atoms with E-state index in [9.17, 15) is 4.57 Å². The number of hydrogen-bond donors (Lipinski definition) is 2. The molecule has 1 aliphatic rings. The van der Waals surface area contributed by atoms with Crippen molar-refractivity contribution in [1.82, 2.24) is 10.4 Å². The zero-order chi connectivity index (χ0) is 12.2. The van der Waals surface area contributed by atoms with Crippen LogP contribution >= 0.6 is 7.82 Å². The fraction of sp³-hybridized carbons (Fsp3) is 1.00. The molecule has 0 amide bonds. The van der Waals surface area contributed by atoms with Gasteiger partial charge in [0, 0.05) is 20.2 Å². The SMILES string of the molecule is CNN1CC(C)OC(COP(=O)(O)OC)C1. The molecule has 1 rings (SSSR count). The Morgan fingerprint density at radius 3 is 2.88 bits per heavy atom. The van der Waals surface area contributed by atoms with E-state index in [0.29, 0.717) is 6.54 Å². The number of hydrazine groups is 1. The smallest absolute Gasteiger partial charge is 0.370 e. The molecule has 1 fully saturated rings. The molecule has 1 aliphatic heterocycles. The van der Waals surface area contributed by atoms with Gasteiger partial charge in [-0.3, -0.25) is 14.5 Å². The summed E-state index contributed by atoms with van der Waals surface area (Å²) < 4.78 is 25.7. The zero-order valence-electron chi connectivity index (χ0n) is 9.75. The maximum Gasteiger partial charge on any atom is 0.472 e. The molecule has 0 spiro atoms. The lowest BCUT2D eigenvalue weighted by molar-refractivity contribution is -0.105. The molecule has 0 aromatic heterocycles. The van der Waals surface area contributed by atoms with E-state index in [1.165, 1.54) is 0 Å². The topological polar surface area (TPSA) is 80.3 Å². The third kappa shape index (κ3) is 4.47. The highest BCUT2D eigenvalue weighted by Crippen LogP contribution is 2.42. The lowest BCUT2D eigenvalue weighted by Crippen LogP contribution is -2.52. The number of nitrogens with zero attached hydrogens (tertiary/aromatic N) is 1. The summed E-state index contributed by atoms with van der Waals surface area (Å²) in [5.74, 6) is 0. The van der Waals surface area contributed by atoms with Gasteiger partial charge in [0.05, 0.1) is 18.8 Å². The van der Waals surface area contributed by atoms with Gasteiger partial charge >= 0.3 is 7.82 Å². The van der Waals surface area contributed by atoms with E-state index in [2.05, 4.69) is 9.95 Å². The second-order valence-corrected chi connectivity index (χ2v) is 5.20. The van der Waals surface area contributed by atoms with Gasteiger partial charge in [-0.2, -0.15) is 0 Å². The Balaban J connectivity index is 2.39. The van der Waals surface area contributed by atoms with Gasteiger partial charge in [0.2, 0.25) is 0 Å². The Kier molecular flexibility index (Phi) is 5.33. The van der Waals surface area contributed by atoms with E-state index in [1.807, 2.05) is 19.0 Å². The fourth-order valence-electron chi connectivity index (χ4n) is 1.55. The van der Waals surface area contributed by atoms with Gasteiger partial charge in [-0.05, 0) is 14.0 Å². The first-order valence-corrected chi connectivity index (χ1v) is 6.57. The van der Waals surface area contributed by atoms with Crippen LogP contribution in [-0.4, -0.2) is 56.0 Å². The van der Waals surface area contributed by atoms with Crippen LogP contribution in [0.25, 0.3) is 0 Å². The van der Waals surface area contributed by atoms with Crippen LogP contribution in [0.1, 0.15) is 6.92 Å². The first-order chi connectivity index (χ1) is 7.46. The molecule has 1 saturated heterocycles. The molecule has 1 heterocycles. The van der Waals surface area contributed by atoms with Crippen molar-refractivity contribution in [2.75, 3.05) is 33.9 Å². The van der Waals surface area contributed by atoms with Gasteiger partial charge in [-0.15, -0.1) is 0 Å². The van der Waals surface area contributed by atoms with E-state index in [-0.39, 0.29) is 18.8 Å². The molecule has 96 valence electrons. The third-order valence-corrected chi connectivity index (χ3v) is 3.23. The van der Waals surface area contributed by atoms with E-state index in [4.69, 9.17) is 14.2 Å². The number of hydrogen-bond acceptors (Lipinski definition) is 6. The Morgan fingerprint density at radius 1 is 1.62 bits per heavy atom. The van der Waals surface area contributed by atoms with E-state index < -0.39 is 7.82 Å². The van der Waals surface area contributed by atoms with Crippen LogP contribution < -0.4 is 5.43 Å². The highest BCUT2D eigenvalue weighted by atomic mass is 31.2. The fourth-order valence-corrected chi connectivity index (χ4v) is 2.01. The average molecular weight is 254 g/mol. The molecule has 0 aliphatic carbocycles. The van der Waals surface area contributed by atoms with Gasteiger partial charge in [0.15, 0.2) is 0 Å². The molecule has 0 saturated carbocycles. The third-order valence-electron chi connectivity index (χ3n) is 2.30. The summed E-state index contributed by atoms with van der Waals surface area (Å²) >= 11 is 0. The first-order valence-electron chi connectivity index (χ1n) is 5.07. The predicted octanol–water partition coefficient (Wildman–Crippen LogP) is -0.0265. The van der Waals surface area contributed by atoms with Crippen LogP contribution in [0.3, 0.4) is 0 Å². The van der Waals surface area contributed by atoms with Gasteiger partial charge in [0.1, 0.15) is 0 Å². The van der Waals surface area contributed by atoms with Crippen molar-refractivity contribution in [2.24, 2.45) is 0 Å². The van der Waals surface area contributed by atoms with Crippen molar-refractivity contribution in [1.29, 1.82) is 0 Å². The van der Waals surface area contributed by atoms with Crippen LogP contribution in [0.4, 0.5) is 0 Å². The number of rotatable bonds is 5. The maximum absolute atomic E-state index is 11.1. The van der Waals surface area contributed by atoms with Crippen molar-refractivity contribution < 1.29 is 23.2 Å². The van der Waals surface area contributed by atoms with Crippen molar-refractivity contribution in [3.05, 3.63) is 0 Å². The summed E-state index contributed by atoms with van der Waals surface area (Å²) in [4.78, 5) is 9.07. The van der Waals surface area contributed by atoms with Gasteiger partial charge in [0.25, 0.3) is 0 Å². The van der Waals surface area contributed by atoms with Crippen LogP contribution in [0.5, 0.6) is 0 Å². The lowest BCUT2D eigenvalue weighted by atomic mass is 10.2. The van der Waals surface area contributed by atoms with Gasteiger partial charge < -0.3 is 9.63 Å². The predicted molar refractivity (Wildman–Crippen MR) is 57.8 cm³/mol. The Labute approximate surface area is 95.3 Å². The normalized spacial score (nSPS) is 31.2. The highest BCUT2D eigenvalue weighted by molar-refractivity contribution is 7.47. The number of morpholine rings is 1. The minimum absolute atomic E-state index is 0.0319. The minimum atomic E-state index is -3.91. The quantitative estimate of drug-likeness (QED) is 0.667. The Hall–Kier alpha value is -0.0100. The molecule has 3 unspecified atom stereocenters. The number of nitrogens with one attached hydrogen (secondary N) is 1. The molecule has 3 atom stereocenters. The zero-order valence-corrected chi connectivity index (χ0v) is 10.6. The molecule has 16 heavy (non-hydrogen) atoms. The summed E-state index contributed by atoms with van der Waals surface area (Å²) in [6.45, 7) is 3.34. The molecule has 0 radical (unpaired) electrons. The molecular formula is C8H19N2O5P. The molecule has 7 nitrogen and oxygen atoms in total. The van der Waals surface area contributed by atoms with Crippen molar-refractivity contribution in [2.45, 2.75) is 19.1 Å². The van der Waals surface area contributed by atoms with Crippen LogP contribution in [0.15, 0.2) is 0 Å². The largest absolute Gasteiger partial charge is 0.472 e. The van der Waals surface area contributed by atoms with Crippen LogP contribution in [0.2, 0.25) is 0 Å². The van der Waals surface area contributed by atoms with E-state index in [1.54, 1.807) is 0 Å². The Bertz CT molecular complexity index is 265. The van der Waals surface area contributed by atoms with Crippen molar-refractivity contribution >= 4 is 7.82 Å². The van der Waals surface area contributed by atoms with Crippen molar-refractivity contribution in [3.8, 4) is 0 Å². The molecular weight excluding hydrogens is 235 g/mol. The van der Waals surface area contributed by atoms with Gasteiger partial charge in [-0.1, -0.05) is 0 Å². The Morgan fingerprint density at radius 2 is 2.31 bits per heavy atom. The summed E-state index contributed by atoms with van der Waals surface area (Å²) in [6, 6.07) is 0. The summed E-state index contributed by atoms with van der Waals surface area (Å²) in [5, 5.41) is 1.97. The second kappa shape index (κ2) is 6.07. The molecule has 0 aromatic rings.